The number of rotatable bonds is 6. The molecule has 0 saturated heterocycles. The second kappa shape index (κ2) is 5.37. The van der Waals surface area contributed by atoms with Crippen molar-refractivity contribution in [3.63, 3.8) is 0 Å². The van der Waals surface area contributed by atoms with Crippen LogP contribution in [0.15, 0.2) is 23.1 Å². The molecule has 0 spiro atoms. The lowest BCUT2D eigenvalue weighted by atomic mass is 10.2. The van der Waals surface area contributed by atoms with Crippen molar-refractivity contribution >= 4 is 21.4 Å². The number of nitrogens with zero attached hydrogens (tertiary/aromatic N) is 2. The Bertz CT molecular complexity index is 626. The monoisotopic (exact) mass is 299 g/mol. The number of hydrogen-bond donors (Lipinski definition) is 1. The van der Waals surface area contributed by atoms with Crippen molar-refractivity contribution in [1.82, 2.24) is 0 Å². The highest BCUT2D eigenvalue weighted by molar-refractivity contribution is 7.89. The first-order valence-electron chi connectivity index (χ1n) is 6.39. The maximum Gasteiger partial charge on any atom is 0.293 e. The molecular weight excluding hydrogens is 282 g/mol. The normalized spacial score (nSPS) is 15.1. The number of anilines is 1. The molecule has 0 unspecified atom stereocenters. The average Bonchev–Trinajstić information content (AvgIpc) is 3.18. The zero-order chi connectivity index (χ0) is 14.9. The van der Waals surface area contributed by atoms with Gasteiger partial charge in [-0.05, 0) is 37.8 Å². The minimum absolute atomic E-state index is 0.223. The number of nitrogens with two attached hydrogens (primary N) is 1. The summed E-state index contributed by atoms with van der Waals surface area (Å²) >= 11 is 0. The van der Waals surface area contributed by atoms with Crippen molar-refractivity contribution in [2.24, 2.45) is 11.1 Å². The zero-order valence-corrected chi connectivity index (χ0v) is 12.0. The zero-order valence-electron chi connectivity index (χ0n) is 11.2. The number of sulfonamides is 1. The smallest absolute Gasteiger partial charge is 0.293 e. The molecule has 110 valence electrons. The van der Waals surface area contributed by atoms with Crippen LogP contribution in [0.1, 0.15) is 19.8 Å². The first kappa shape index (κ1) is 14.7. The fourth-order valence-electron chi connectivity index (χ4n) is 2.10. The van der Waals surface area contributed by atoms with Crippen molar-refractivity contribution in [2.45, 2.75) is 24.7 Å². The van der Waals surface area contributed by atoms with E-state index in [1.54, 1.807) is 0 Å². The number of nitro benzene ring substituents is 1. The van der Waals surface area contributed by atoms with Crippen molar-refractivity contribution < 1.29 is 13.3 Å². The second-order valence-electron chi connectivity index (χ2n) is 4.93. The molecule has 20 heavy (non-hydrogen) atoms. The molecule has 1 aromatic rings. The molecule has 2 N–H and O–H groups in total. The van der Waals surface area contributed by atoms with Gasteiger partial charge in [0.25, 0.3) is 5.69 Å². The molecule has 8 heteroatoms. The molecule has 0 aromatic heterocycles. The summed E-state index contributed by atoms with van der Waals surface area (Å²) in [5.41, 5.74) is 0.218. The van der Waals surface area contributed by atoms with E-state index in [-0.39, 0.29) is 10.6 Å². The summed E-state index contributed by atoms with van der Waals surface area (Å²) in [5.74, 6) is 0.576. The Balaban J connectivity index is 2.43. The van der Waals surface area contributed by atoms with E-state index < -0.39 is 14.9 Å². The maximum absolute atomic E-state index is 11.3. The van der Waals surface area contributed by atoms with E-state index in [1.165, 1.54) is 12.1 Å². The fraction of sp³-hybridized carbons (Fsp3) is 0.500. The van der Waals surface area contributed by atoms with Gasteiger partial charge in [-0.2, -0.15) is 0 Å². The third kappa shape index (κ3) is 3.26. The van der Waals surface area contributed by atoms with Crippen LogP contribution in [-0.4, -0.2) is 26.4 Å². The van der Waals surface area contributed by atoms with E-state index >= 15 is 0 Å². The highest BCUT2D eigenvalue weighted by Gasteiger charge is 2.28. The van der Waals surface area contributed by atoms with Gasteiger partial charge in [-0.25, -0.2) is 13.6 Å². The average molecular weight is 299 g/mol. The summed E-state index contributed by atoms with van der Waals surface area (Å²) in [5, 5.41) is 16.2. The van der Waals surface area contributed by atoms with Crippen molar-refractivity contribution in [1.29, 1.82) is 0 Å². The highest BCUT2D eigenvalue weighted by Crippen LogP contribution is 2.35. The predicted molar refractivity (Wildman–Crippen MR) is 75.1 cm³/mol. The highest BCUT2D eigenvalue weighted by atomic mass is 32.2. The van der Waals surface area contributed by atoms with Crippen LogP contribution >= 0.6 is 0 Å². The predicted octanol–water partition coefficient (Wildman–Crippen LogP) is 1.48. The van der Waals surface area contributed by atoms with Crippen LogP contribution in [0.4, 0.5) is 11.4 Å². The van der Waals surface area contributed by atoms with Gasteiger partial charge in [0.1, 0.15) is 5.69 Å². The summed E-state index contributed by atoms with van der Waals surface area (Å²) in [6.45, 7) is 3.30. The first-order valence-corrected chi connectivity index (χ1v) is 7.93. The Kier molecular flexibility index (Phi) is 3.96. The summed E-state index contributed by atoms with van der Waals surface area (Å²) in [4.78, 5) is 12.3. The van der Waals surface area contributed by atoms with Crippen LogP contribution in [0.25, 0.3) is 0 Å². The van der Waals surface area contributed by atoms with E-state index in [0.29, 0.717) is 18.2 Å². The SMILES string of the molecule is CCN(CC1CC1)c1ccc(S(N)(=O)=O)cc1[N+](=O)[O-]. The molecule has 0 bridgehead atoms. The maximum atomic E-state index is 11.3. The van der Waals surface area contributed by atoms with E-state index in [2.05, 4.69) is 0 Å². The Hall–Kier alpha value is -1.67. The van der Waals surface area contributed by atoms with Gasteiger partial charge in [-0.3, -0.25) is 10.1 Å². The molecular formula is C12H17N3O4S. The molecule has 0 heterocycles. The van der Waals surface area contributed by atoms with Gasteiger partial charge in [0, 0.05) is 19.2 Å². The van der Waals surface area contributed by atoms with Gasteiger partial charge in [0.15, 0.2) is 0 Å². The third-order valence-electron chi connectivity index (χ3n) is 3.37. The molecule has 0 radical (unpaired) electrons. The molecule has 1 aliphatic rings. The summed E-state index contributed by atoms with van der Waals surface area (Å²) in [6.07, 6.45) is 2.28. The minimum atomic E-state index is -3.94. The Labute approximate surface area is 117 Å². The fourth-order valence-corrected chi connectivity index (χ4v) is 2.64. The minimum Gasteiger partial charge on any atom is -0.366 e. The lowest BCUT2D eigenvalue weighted by Crippen LogP contribution is -2.26. The molecule has 7 nitrogen and oxygen atoms in total. The number of hydrogen-bond acceptors (Lipinski definition) is 5. The molecule has 0 aliphatic heterocycles. The van der Waals surface area contributed by atoms with Crippen molar-refractivity contribution in [3.05, 3.63) is 28.3 Å². The van der Waals surface area contributed by atoms with Crippen LogP contribution in [0.5, 0.6) is 0 Å². The third-order valence-corrected chi connectivity index (χ3v) is 4.28. The molecule has 0 amide bonds. The van der Waals surface area contributed by atoms with E-state index in [9.17, 15) is 18.5 Å². The second-order valence-corrected chi connectivity index (χ2v) is 6.50. The molecule has 1 fully saturated rings. The summed E-state index contributed by atoms with van der Waals surface area (Å²) in [6, 6.07) is 3.80. The van der Waals surface area contributed by atoms with Gasteiger partial charge in [0.05, 0.1) is 9.82 Å². The lowest BCUT2D eigenvalue weighted by molar-refractivity contribution is -0.384. The molecule has 1 saturated carbocycles. The first-order chi connectivity index (χ1) is 9.32. The molecule has 1 aliphatic carbocycles. The summed E-state index contributed by atoms with van der Waals surface area (Å²) in [7, 11) is -3.94. The van der Waals surface area contributed by atoms with Crippen LogP contribution < -0.4 is 10.0 Å². The lowest BCUT2D eigenvalue weighted by Gasteiger charge is -2.22. The Morgan fingerprint density at radius 2 is 2.10 bits per heavy atom. The van der Waals surface area contributed by atoms with Gasteiger partial charge in [-0.1, -0.05) is 0 Å². The van der Waals surface area contributed by atoms with Gasteiger partial charge < -0.3 is 4.90 Å². The summed E-state index contributed by atoms with van der Waals surface area (Å²) < 4.78 is 22.6. The largest absolute Gasteiger partial charge is 0.366 e. The number of primary sulfonamides is 1. The standard InChI is InChI=1S/C12H17N3O4S/c1-2-14(8-9-3-4-9)11-6-5-10(20(13,18)19)7-12(11)15(16)17/h5-7,9H,2-4,8H2,1H3,(H2,13,18,19). The van der Waals surface area contributed by atoms with Gasteiger partial charge in [0.2, 0.25) is 10.0 Å². The van der Waals surface area contributed by atoms with Crippen LogP contribution in [0, 0.1) is 16.0 Å². The van der Waals surface area contributed by atoms with E-state index in [4.69, 9.17) is 5.14 Å². The van der Waals surface area contributed by atoms with E-state index in [1.807, 2.05) is 11.8 Å². The molecule has 2 rings (SSSR count). The van der Waals surface area contributed by atoms with Gasteiger partial charge in [-0.15, -0.1) is 0 Å². The number of benzene rings is 1. The number of nitro groups is 1. The Morgan fingerprint density at radius 3 is 2.55 bits per heavy atom. The van der Waals surface area contributed by atoms with Crippen LogP contribution in [0.2, 0.25) is 0 Å². The van der Waals surface area contributed by atoms with Crippen molar-refractivity contribution in [3.8, 4) is 0 Å². The quantitative estimate of drug-likeness (QED) is 0.632. The van der Waals surface area contributed by atoms with Crippen molar-refractivity contribution in [2.75, 3.05) is 18.0 Å². The van der Waals surface area contributed by atoms with Gasteiger partial charge >= 0.3 is 0 Å². The van der Waals surface area contributed by atoms with E-state index in [0.717, 1.165) is 25.5 Å². The molecule has 0 atom stereocenters. The Morgan fingerprint density at radius 1 is 1.45 bits per heavy atom. The topological polar surface area (TPSA) is 107 Å². The van der Waals surface area contributed by atoms with Crippen LogP contribution in [0.3, 0.4) is 0 Å². The molecule has 1 aromatic carbocycles. The van der Waals surface area contributed by atoms with Crippen LogP contribution in [-0.2, 0) is 10.0 Å².